The van der Waals surface area contributed by atoms with Crippen LogP contribution in [0.1, 0.15) is 35.4 Å². The number of piperidine rings is 1. The van der Waals surface area contributed by atoms with Crippen LogP contribution in [0.3, 0.4) is 0 Å². The Morgan fingerprint density at radius 2 is 1.88 bits per heavy atom. The normalized spacial score (nSPS) is 15.3. The van der Waals surface area contributed by atoms with Gasteiger partial charge in [-0.2, -0.15) is 0 Å². The zero-order valence-corrected chi connectivity index (χ0v) is 13.9. The van der Waals surface area contributed by atoms with Gasteiger partial charge in [-0.05, 0) is 48.4 Å². The lowest BCUT2D eigenvalue weighted by atomic mass is 9.88. The van der Waals surface area contributed by atoms with Gasteiger partial charge in [0.15, 0.2) is 0 Å². The summed E-state index contributed by atoms with van der Waals surface area (Å²) in [6, 6.07) is 16.5. The molecule has 1 fully saturated rings. The van der Waals surface area contributed by atoms with Crippen LogP contribution in [0.5, 0.6) is 5.75 Å². The van der Waals surface area contributed by atoms with Gasteiger partial charge in [0, 0.05) is 13.1 Å². The Morgan fingerprint density at radius 3 is 2.50 bits per heavy atom. The highest BCUT2D eigenvalue weighted by Gasteiger charge is 2.23. The first-order valence-corrected chi connectivity index (χ1v) is 8.38. The quantitative estimate of drug-likeness (QED) is 0.904. The lowest BCUT2D eigenvalue weighted by molar-refractivity contribution is 0.132. The van der Waals surface area contributed by atoms with E-state index in [9.17, 15) is 4.79 Å². The van der Waals surface area contributed by atoms with E-state index in [1.165, 1.54) is 10.5 Å². The molecule has 4 nitrogen and oxygen atoms in total. The monoisotopic (exact) mass is 325 g/mol. The van der Waals surface area contributed by atoms with Gasteiger partial charge in [0.2, 0.25) is 0 Å². The van der Waals surface area contributed by atoms with Crippen molar-refractivity contribution >= 4 is 6.09 Å². The second kappa shape index (κ2) is 7.39. The number of benzene rings is 2. The molecule has 0 saturated carbocycles. The summed E-state index contributed by atoms with van der Waals surface area (Å²) in [4.78, 5) is 12.5. The summed E-state index contributed by atoms with van der Waals surface area (Å²) < 4.78 is 5.93. The molecule has 0 aromatic heterocycles. The second-order valence-electron chi connectivity index (χ2n) is 6.34. The molecule has 1 aliphatic heterocycles. The van der Waals surface area contributed by atoms with Gasteiger partial charge in [0.25, 0.3) is 0 Å². The number of hydrogen-bond acceptors (Lipinski definition) is 2. The number of carboxylic acid groups (broad SMARTS) is 1. The van der Waals surface area contributed by atoms with Crippen LogP contribution in [0.15, 0.2) is 48.5 Å². The van der Waals surface area contributed by atoms with E-state index in [0.29, 0.717) is 25.6 Å². The summed E-state index contributed by atoms with van der Waals surface area (Å²) in [6.07, 6.45) is 0.959. The summed E-state index contributed by atoms with van der Waals surface area (Å²) in [5.41, 5.74) is 3.57. The predicted octanol–water partition coefficient (Wildman–Crippen LogP) is 4.43. The van der Waals surface area contributed by atoms with E-state index in [1.54, 1.807) is 0 Å². The van der Waals surface area contributed by atoms with Gasteiger partial charge in [0.05, 0.1) is 0 Å². The maximum absolute atomic E-state index is 11.0. The van der Waals surface area contributed by atoms with Crippen LogP contribution in [-0.4, -0.2) is 29.2 Å². The fourth-order valence-corrected chi connectivity index (χ4v) is 3.23. The highest BCUT2D eigenvalue weighted by molar-refractivity contribution is 5.65. The van der Waals surface area contributed by atoms with Crippen LogP contribution in [0.4, 0.5) is 4.79 Å². The van der Waals surface area contributed by atoms with Crippen molar-refractivity contribution in [3.05, 3.63) is 65.2 Å². The van der Waals surface area contributed by atoms with E-state index in [0.717, 1.165) is 29.7 Å². The molecule has 0 bridgehead atoms. The molecule has 4 heteroatoms. The van der Waals surface area contributed by atoms with E-state index >= 15 is 0 Å². The molecule has 24 heavy (non-hydrogen) atoms. The first-order valence-electron chi connectivity index (χ1n) is 8.38. The van der Waals surface area contributed by atoms with Gasteiger partial charge in [0.1, 0.15) is 12.4 Å². The minimum absolute atomic E-state index is 0.433. The summed E-state index contributed by atoms with van der Waals surface area (Å²) in [5.74, 6) is 1.34. The molecule has 126 valence electrons. The van der Waals surface area contributed by atoms with E-state index in [2.05, 4.69) is 31.2 Å². The van der Waals surface area contributed by atoms with Gasteiger partial charge in [-0.1, -0.05) is 42.5 Å². The fraction of sp³-hybridized carbons (Fsp3) is 0.350. The number of amides is 1. The van der Waals surface area contributed by atoms with E-state index < -0.39 is 6.09 Å². The van der Waals surface area contributed by atoms with Crippen molar-refractivity contribution in [2.45, 2.75) is 32.3 Å². The fourth-order valence-electron chi connectivity index (χ4n) is 3.23. The first kappa shape index (κ1) is 16.4. The number of hydrogen-bond donors (Lipinski definition) is 1. The molecule has 1 aliphatic rings. The summed E-state index contributed by atoms with van der Waals surface area (Å²) >= 11 is 0. The van der Waals surface area contributed by atoms with Crippen molar-refractivity contribution in [1.82, 2.24) is 4.90 Å². The number of carbonyl (C=O) groups is 1. The molecule has 0 unspecified atom stereocenters. The highest BCUT2D eigenvalue weighted by Crippen LogP contribution is 2.31. The second-order valence-corrected chi connectivity index (χ2v) is 6.34. The molecule has 2 aromatic carbocycles. The van der Waals surface area contributed by atoms with Gasteiger partial charge < -0.3 is 14.7 Å². The molecular formula is C20H23NO3. The Morgan fingerprint density at radius 1 is 1.17 bits per heavy atom. The standard InChI is InChI=1S/C20H23NO3/c1-15-13-18(17-9-11-21(12-10-17)20(22)23)7-8-19(15)24-14-16-5-3-2-4-6-16/h2-8,13,17H,9-12,14H2,1H3,(H,22,23). The average Bonchev–Trinajstić information content (AvgIpc) is 2.61. The molecule has 1 amide bonds. The number of aryl methyl sites for hydroxylation is 1. The van der Waals surface area contributed by atoms with Gasteiger partial charge >= 0.3 is 6.09 Å². The number of likely N-dealkylation sites (tertiary alicyclic amines) is 1. The summed E-state index contributed by atoms with van der Waals surface area (Å²) in [5, 5.41) is 9.04. The van der Waals surface area contributed by atoms with Crippen molar-refractivity contribution in [3.8, 4) is 5.75 Å². The Balaban J connectivity index is 1.61. The van der Waals surface area contributed by atoms with E-state index in [1.807, 2.05) is 24.3 Å². The molecule has 2 aromatic rings. The Kier molecular flexibility index (Phi) is 5.04. The summed E-state index contributed by atoms with van der Waals surface area (Å²) in [6.45, 7) is 3.87. The maximum atomic E-state index is 11.0. The van der Waals surface area contributed by atoms with E-state index in [4.69, 9.17) is 9.84 Å². The molecule has 0 radical (unpaired) electrons. The van der Waals surface area contributed by atoms with Crippen LogP contribution in [0, 0.1) is 6.92 Å². The van der Waals surface area contributed by atoms with Crippen molar-refractivity contribution in [1.29, 1.82) is 0 Å². The molecule has 1 heterocycles. The molecular weight excluding hydrogens is 302 g/mol. The van der Waals surface area contributed by atoms with Crippen LogP contribution in [0.25, 0.3) is 0 Å². The number of ether oxygens (including phenoxy) is 1. The number of nitrogens with zero attached hydrogens (tertiary/aromatic N) is 1. The van der Waals surface area contributed by atoms with Gasteiger partial charge in [-0.25, -0.2) is 4.79 Å². The first-order chi connectivity index (χ1) is 11.6. The predicted molar refractivity (Wildman–Crippen MR) is 93.5 cm³/mol. The smallest absolute Gasteiger partial charge is 0.407 e. The Hall–Kier alpha value is -2.49. The largest absolute Gasteiger partial charge is 0.489 e. The maximum Gasteiger partial charge on any atom is 0.407 e. The third-order valence-electron chi connectivity index (χ3n) is 4.67. The molecule has 0 aliphatic carbocycles. The van der Waals surface area contributed by atoms with Gasteiger partial charge in [-0.15, -0.1) is 0 Å². The molecule has 1 saturated heterocycles. The van der Waals surface area contributed by atoms with Crippen molar-refractivity contribution in [3.63, 3.8) is 0 Å². The van der Waals surface area contributed by atoms with Crippen LogP contribution < -0.4 is 4.74 Å². The highest BCUT2D eigenvalue weighted by atomic mass is 16.5. The lowest BCUT2D eigenvalue weighted by Crippen LogP contribution is -2.36. The molecule has 0 atom stereocenters. The van der Waals surface area contributed by atoms with Crippen molar-refractivity contribution in [2.75, 3.05) is 13.1 Å². The van der Waals surface area contributed by atoms with Crippen molar-refractivity contribution < 1.29 is 14.6 Å². The lowest BCUT2D eigenvalue weighted by Gasteiger charge is -2.30. The Labute approximate surface area is 142 Å². The van der Waals surface area contributed by atoms with Crippen molar-refractivity contribution in [2.24, 2.45) is 0 Å². The zero-order chi connectivity index (χ0) is 16.9. The van der Waals surface area contributed by atoms with Gasteiger partial charge in [-0.3, -0.25) is 0 Å². The topological polar surface area (TPSA) is 49.8 Å². The van der Waals surface area contributed by atoms with E-state index in [-0.39, 0.29) is 0 Å². The summed E-state index contributed by atoms with van der Waals surface area (Å²) in [7, 11) is 0. The SMILES string of the molecule is Cc1cc(C2CCN(C(=O)O)CC2)ccc1OCc1ccccc1. The Bertz CT molecular complexity index is 691. The molecule has 3 rings (SSSR count). The van der Waals surface area contributed by atoms with Crippen LogP contribution in [0.2, 0.25) is 0 Å². The minimum atomic E-state index is -0.811. The third kappa shape index (κ3) is 3.88. The molecule has 0 spiro atoms. The average molecular weight is 325 g/mol. The van der Waals surface area contributed by atoms with Crippen LogP contribution >= 0.6 is 0 Å². The van der Waals surface area contributed by atoms with Crippen LogP contribution in [-0.2, 0) is 6.61 Å². The number of rotatable bonds is 4. The minimum Gasteiger partial charge on any atom is -0.489 e. The molecule has 1 N–H and O–H groups in total. The zero-order valence-electron chi connectivity index (χ0n) is 13.9. The third-order valence-corrected chi connectivity index (χ3v) is 4.67.